The first-order chi connectivity index (χ1) is 10.3. The van der Waals surface area contributed by atoms with Crippen molar-refractivity contribution >= 4 is 11.6 Å². The summed E-state index contributed by atoms with van der Waals surface area (Å²) in [5.41, 5.74) is 1.07. The minimum atomic E-state index is 0.593. The van der Waals surface area contributed by atoms with Crippen molar-refractivity contribution in [2.45, 2.75) is 33.1 Å². The van der Waals surface area contributed by atoms with Crippen LogP contribution in [0.25, 0.3) is 5.78 Å². The lowest BCUT2D eigenvalue weighted by molar-refractivity contribution is 0.104. The summed E-state index contributed by atoms with van der Waals surface area (Å²) in [6, 6.07) is 2.14. The van der Waals surface area contributed by atoms with E-state index in [1.807, 2.05) is 4.52 Å². The predicted molar refractivity (Wildman–Crippen MR) is 81.6 cm³/mol. The maximum atomic E-state index is 5.60. The summed E-state index contributed by atoms with van der Waals surface area (Å²) in [6.07, 6.45) is 4.92. The van der Waals surface area contributed by atoms with Gasteiger partial charge in [0.1, 0.15) is 12.1 Å². The summed E-state index contributed by atoms with van der Waals surface area (Å²) in [4.78, 5) is 11.2. The van der Waals surface area contributed by atoms with Crippen LogP contribution in [-0.2, 0) is 11.2 Å². The zero-order chi connectivity index (χ0) is 14.7. The largest absolute Gasteiger partial charge is 0.381 e. The van der Waals surface area contributed by atoms with Crippen LogP contribution in [0, 0.1) is 5.92 Å². The molecular formula is C15H23N5O. The van der Waals surface area contributed by atoms with E-state index in [0.717, 1.165) is 44.2 Å². The standard InChI is InChI=1S/C15H23N5O/c1-3-13-8-14(20-15(18-13)16-11-17-20)19-7-5-6-12(9-19)10-21-4-2/h8,11-12H,3-7,9-10H2,1-2H3. The molecule has 2 aromatic rings. The Morgan fingerprint density at radius 1 is 1.38 bits per heavy atom. The molecule has 6 nitrogen and oxygen atoms in total. The number of ether oxygens (including phenoxy) is 1. The summed E-state index contributed by atoms with van der Waals surface area (Å²) in [7, 11) is 0. The van der Waals surface area contributed by atoms with Crippen molar-refractivity contribution in [1.29, 1.82) is 0 Å². The van der Waals surface area contributed by atoms with Crippen LogP contribution >= 0.6 is 0 Å². The average Bonchev–Trinajstić information content (AvgIpc) is 3.00. The smallest absolute Gasteiger partial charge is 0.254 e. The van der Waals surface area contributed by atoms with Crippen molar-refractivity contribution in [3.63, 3.8) is 0 Å². The van der Waals surface area contributed by atoms with E-state index >= 15 is 0 Å². The molecule has 0 amide bonds. The van der Waals surface area contributed by atoms with Crippen LogP contribution in [0.15, 0.2) is 12.4 Å². The third-order valence-electron chi connectivity index (χ3n) is 4.05. The highest BCUT2D eigenvalue weighted by molar-refractivity contribution is 5.47. The van der Waals surface area contributed by atoms with Crippen molar-refractivity contribution in [1.82, 2.24) is 19.6 Å². The van der Waals surface area contributed by atoms with E-state index in [4.69, 9.17) is 4.74 Å². The van der Waals surface area contributed by atoms with E-state index in [-0.39, 0.29) is 0 Å². The molecule has 1 saturated heterocycles. The lowest BCUT2D eigenvalue weighted by Crippen LogP contribution is -2.38. The molecule has 1 fully saturated rings. The third-order valence-corrected chi connectivity index (χ3v) is 4.05. The van der Waals surface area contributed by atoms with Gasteiger partial charge in [0.15, 0.2) is 0 Å². The van der Waals surface area contributed by atoms with Gasteiger partial charge in [-0.2, -0.15) is 14.6 Å². The van der Waals surface area contributed by atoms with E-state index in [1.165, 1.54) is 12.8 Å². The number of hydrogen-bond donors (Lipinski definition) is 0. The van der Waals surface area contributed by atoms with Gasteiger partial charge in [-0.1, -0.05) is 6.92 Å². The van der Waals surface area contributed by atoms with Gasteiger partial charge in [-0.15, -0.1) is 0 Å². The Labute approximate surface area is 125 Å². The van der Waals surface area contributed by atoms with E-state index in [9.17, 15) is 0 Å². The number of aryl methyl sites for hydroxylation is 1. The number of hydrogen-bond acceptors (Lipinski definition) is 5. The number of piperidine rings is 1. The minimum absolute atomic E-state index is 0.593. The zero-order valence-corrected chi connectivity index (χ0v) is 12.8. The molecule has 0 aromatic carbocycles. The number of nitrogens with zero attached hydrogens (tertiary/aromatic N) is 5. The Morgan fingerprint density at radius 2 is 2.29 bits per heavy atom. The lowest BCUT2D eigenvalue weighted by atomic mass is 9.99. The topological polar surface area (TPSA) is 55.5 Å². The second kappa shape index (κ2) is 6.39. The first kappa shape index (κ1) is 14.3. The number of rotatable bonds is 5. The van der Waals surface area contributed by atoms with Gasteiger partial charge in [0.05, 0.1) is 6.61 Å². The van der Waals surface area contributed by atoms with Crippen LogP contribution in [0.3, 0.4) is 0 Å². The molecule has 1 unspecified atom stereocenters. The molecule has 2 aromatic heterocycles. The van der Waals surface area contributed by atoms with Crippen LogP contribution < -0.4 is 4.90 Å². The molecule has 114 valence electrons. The molecule has 0 bridgehead atoms. The highest BCUT2D eigenvalue weighted by Gasteiger charge is 2.22. The van der Waals surface area contributed by atoms with Crippen LogP contribution in [0.2, 0.25) is 0 Å². The second-order valence-electron chi connectivity index (χ2n) is 5.54. The van der Waals surface area contributed by atoms with Crippen LogP contribution in [0.5, 0.6) is 0 Å². The first-order valence-electron chi connectivity index (χ1n) is 7.84. The maximum Gasteiger partial charge on any atom is 0.254 e. The summed E-state index contributed by atoms with van der Waals surface area (Å²) < 4.78 is 7.45. The molecule has 1 aliphatic rings. The Hall–Kier alpha value is -1.69. The minimum Gasteiger partial charge on any atom is -0.381 e. The van der Waals surface area contributed by atoms with E-state index < -0.39 is 0 Å². The Kier molecular flexibility index (Phi) is 4.34. The molecule has 0 saturated carbocycles. The van der Waals surface area contributed by atoms with Crippen molar-refractivity contribution in [3.8, 4) is 0 Å². The highest BCUT2D eigenvalue weighted by Crippen LogP contribution is 2.24. The molecule has 0 radical (unpaired) electrons. The van der Waals surface area contributed by atoms with Gasteiger partial charge in [-0.05, 0) is 32.1 Å². The van der Waals surface area contributed by atoms with Gasteiger partial charge in [0, 0.05) is 31.5 Å². The molecule has 0 N–H and O–H groups in total. The quantitative estimate of drug-likeness (QED) is 0.842. The molecule has 3 rings (SSSR count). The first-order valence-corrected chi connectivity index (χ1v) is 7.84. The fraction of sp³-hybridized carbons (Fsp3) is 0.667. The van der Waals surface area contributed by atoms with Gasteiger partial charge in [0.25, 0.3) is 5.78 Å². The van der Waals surface area contributed by atoms with Crippen LogP contribution in [0.1, 0.15) is 32.4 Å². The SMILES string of the molecule is CCOCC1CCCN(c2cc(CC)nc3ncnn23)C1. The summed E-state index contributed by atoms with van der Waals surface area (Å²) >= 11 is 0. The Morgan fingerprint density at radius 3 is 3.10 bits per heavy atom. The lowest BCUT2D eigenvalue weighted by Gasteiger charge is -2.34. The zero-order valence-electron chi connectivity index (χ0n) is 12.8. The van der Waals surface area contributed by atoms with Gasteiger partial charge >= 0.3 is 0 Å². The fourth-order valence-corrected chi connectivity index (χ4v) is 2.94. The summed E-state index contributed by atoms with van der Waals surface area (Å²) in [6.45, 7) is 7.88. The molecule has 1 atom stereocenters. The highest BCUT2D eigenvalue weighted by atomic mass is 16.5. The molecule has 1 aliphatic heterocycles. The van der Waals surface area contributed by atoms with Crippen molar-refractivity contribution in [2.75, 3.05) is 31.2 Å². The van der Waals surface area contributed by atoms with Gasteiger partial charge in [0.2, 0.25) is 0 Å². The molecule has 3 heterocycles. The number of aromatic nitrogens is 4. The van der Waals surface area contributed by atoms with Crippen molar-refractivity contribution in [2.24, 2.45) is 5.92 Å². The van der Waals surface area contributed by atoms with Crippen molar-refractivity contribution in [3.05, 3.63) is 18.1 Å². The summed E-state index contributed by atoms with van der Waals surface area (Å²) in [5, 5.41) is 4.33. The van der Waals surface area contributed by atoms with Crippen LogP contribution in [0.4, 0.5) is 5.82 Å². The third kappa shape index (κ3) is 3.00. The van der Waals surface area contributed by atoms with Gasteiger partial charge in [-0.3, -0.25) is 0 Å². The molecule has 0 aliphatic carbocycles. The molecule has 6 heteroatoms. The van der Waals surface area contributed by atoms with E-state index in [1.54, 1.807) is 6.33 Å². The fourth-order valence-electron chi connectivity index (χ4n) is 2.94. The second-order valence-corrected chi connectivity index (χ2v) is 5.54. The van der Waals surface area contributed by atoms with E-state index in [2.05, 4.69) is 39.9 Å². The normalized spacial score (nSPS) is 19.3. The average molecular weight is 289 g/mol. The molecule has 21 heavy (non-hydrogen) atoms. The van der Waals surface area contributed by atoms with Crippen LogP contribution in [-0.4, -0.2) is 45.9 Å². The van der Waals surface area contributed by atoms with Gasteiger partial charge in [-0.25, -0.2) is 4.98 Å². The van der Waals surface area contributed by atoms with Crippen molar-refractivity contribution < 1.29 is 4.74 Å². The molecule has 0 spiro atoms. The Bertz CT molecular complexity index is 597. The van der Waals surface area contributed by atoms with Gasteiger partial charge < -0.3 is 9.64 Å². The predicted octanol–water partition coefficient (Wildman–Crippen LogP) is 1.94. The number of anilines is 1. The Balaban J connectivity index is 1.86. The summed E-state index contributed by atoms with van der Waals surface area (Å²) in [5.74, 6) is 2.39. The van der Waals surface area contributed by atoms with E-state index in [0.29, 0.717) is 11.7 Å². The molecular weight excluding hydrogens is 266 g/mol. The maximum absolute atomic E-state index is 5.60. The number of fused-ring (bicyclic) bond motifs is 1. The monoisotopic (exact) mass is 289 g/mol.